The quantitative estimate of drug-likeness (QED) is 0.270. The van der Waals surface area contributed by atoms with Crippen molar-refractivity contribution < 1.29 is 13.5 Å². The van der Waals surface area contributed by atoms with Gasteiger partial charge < -0.3 is 5.11 Å². The second-order valence-corrected chi connectivity index (χ2v) is 10.2. The van der Waals surface area contributed by atoms with E-state index in [9.17, 15) is 13.5 Å². The fourth-order valence-electron chi connectivity index (χ4n) is 3.75. The van der Waals surface area contributed by atoms with Crippen LogP contribution in [0, 0.1) is 0 Å². The largest absolute Gasteiger partial charge is 0.507 e. The summed E-state index contributed by atoms with van der Waals surface area (Å²) in [5, 5.41) is 11.6. The van der Waals surface area contributed by atoms with E-state index in [0.717, 1.165) is 12.8 Å². The molecule has 0 saturated carbocycles. The Bertz CT molecular complexity index is 846. The van der Waals surface area contributed by atoms with Gasteiger partial charge >= 0.3 is 0 Å². The molecule has 2 aromatic rings. The van der Waals surface area contributed by atoms with Crippen LogP contribution in [0.2, 0.25) is 0 Å². The van der Waals surface area contributed by atoms with Crippen molar-refractivity contribution in [3.05, 3.63) is 35.9 Å². The molecule has 0 aliphatic rings. The van der Waals surface area contributed by atoms with E-state index >= 15 is 0 Å². The molecule has 156 valence electrons. The van der Waals surface area contributed by atoms with Crippen molar-refractivity contribution in [3.8, 4) is 5.75 Å². The molecule has 28 heavy (non-hydrogen) atoms. The van der Waals surface area contributed by atoms with Crippen LogP contribution in [0.25, 0.3) is 10.8 Å². The van der Waals surface area contributed by atoms with Gasteiger partial charge in [-0.2, -0.15) is 0 Å². The molecule has 0 aliphatic heterocycles. The van der Waals surface area contributed by atoms with Crippen molar-refractivity contribution in [1.29, 1.82) is 0 Å². The second kappa shape index (κ2) is 11.7. The highest BCUT2D eigenvalue weighted by atomic mass is 35.7. The zero-order valence-electron chi connectivity index (χ0n) is 16.9. The lowest BCUT2D eigenvalue weighted by Gasteiger charge is -2.11. The number of benzene rings is 2. The van der Waals surface area contributed by atoms with Crippen molar-refractivity contribution in [1.82, 2.24) is 0 Å². The third kappa shape index (κ3) is 6.97. The van der Waals surface area contributed by atoms with E-state index in [1.807, 2.05) is 0 Å². The Morgan fingerprint density at radius 2 is 1.32 bits per heavy atom. The molecule has 0 heterocycles. The minimum absolute atomic E-state index is 0.0839. The van der Waals surface area contributed by atoms with E-state index in [2.05, 4.69) is 6.92 Å². The summed E-state index contributed by atoms with van der Waals surface area (Å²) in [6, 6.07) is 8.49. The van der Waals surface area contributed by atoms with Crippen LogP contribution in [0.1, 0.15) is 83.1 Å². The summed E-state index contributed by atoms with van der Waals surface area (Å²) in [6.45, 7) is 2.24. The molecular formula is C23H33ClO3S. The average molecular weight is 425 g/mol. The molecule has 2 aromatic carbocycles. The van der Waals surface area contributed by atoms with Gasteiger partial charge in [0.15, 0.2) is 0 Å². The lowest BCUT2D eigenvalue weighted by Crippen LogP contribution is -1.97. The first-order valence-corrected chi connectivity index (χ1v) is 12.9. The number of fused-ring (bicyclic) bond motifs is 1. The Hall–Kier alpha value is -1.26. The summed E-state index contributed by atoms with van der Waals surface area (Å²) in [4.78, 5) is 0.0839. The molecular weight excluding hydrogens is 392 g/mol. The van der Waals surface area contributed by atoms with Gasteiger partial charge in [0.1, 0.15) is 5.75 Å². The fourth-order valence-corrected chi connectivity index (χ4v) is 4.86. The van der Waals surface area contributed by atoms with Crippen LogP contribution in [0.3, 0.4) is 0 Å². The summed E-state index contributed by atoms with van der Waals surface area (Å²) in [5.41, 5.74) is 0.661. The maximum absolute atomic E-state index is 12.0. The van der Waals surface area contributed by atoms with E-state index in [0.29, 0.717) is 22.8 Å². The Morgan fingerprint density at radius 1 is 0.821 bits per heavy atom. The first-order chi connectivity index (χ1) is 13.4. The van der Waals surface area contributed by atoms with Crippen molar-refractivity contribution >= 4 is 30.5 Å². The highest BCUT2D eigenvalue weighted by molar-refractivity contribution is 8.14. The Morgan fingerprint density at radius 3 is 1.86 bits per heavy atom. The topological polar surface area (TPSA) is 54.4 Å². The monoisotopic (exact) mass is 424 g/mol. The lowest BCUT2D eigenvalue weighted by atomic mass is 10.00. The smallest absolute Gasteiger partial charge is 0.261 e. The van der Waals surface area contributed by atoms with Gasteiger partial charge in [0.05, 0.1) is 4.90 Å². The summed E-state index contributed by atoms with van der Waals surface area (Å²) < 4.78 is 23.9. The molecule has 0 bridgehead atoms. The number of phenols is 1. The number of halogens is 1. The van der Waals surface area contributed by atoms with E-state index in [1.165, 1.54) is 63.9 Å². The van der Waals surface area contributed by atoms with Crippen LogP contribution in [0.5, 0.6) is 5.75 Å². The molecule has 0 spiro atoms. The van der Waals surface area contributed by atoms with Crippen LogP contribution < -0.4 is 0 Å². The Kier molecular flexibility index (Phi) is 9.60. The summed E-state index contributed by atoms with van der Waals surface area (Å²) >= 11 is 0. The molecule has 0 unspecified atom stereocenters. The Balaban J connectivity index is 1.82. The van der Waals surface area contributed by atoms with Gasteiger partial charge in [-0.15, -0.1) is 0 Å². The molecule has 0 radical (unpaired) electrons. The Labute approximate surface area is 174 Å². The van der Waals surface area contributed by atoms with Crippen LogP contribution in [0.4, 0.5) is 0 Å². The number of hydrogen-bond donors (Lipinski definition) is 1. The fraction of sp³-hybridized carbons (Fsp3) is 0.565. The van der Waals surface area contributed by atoms with E-state index in [-0.39, 0.29) is 10.6 Å². The van der Waals surface area contributed by atoms with Crippen LogP contribution in [-0.2, 0) is 15.5 Å². The standard InChI is InChI=1S/C23H33ClO3S/c1-2-3-4-5-6-7-8-9-10-11-12-15-19-18-22(28(24,26)27)20-16-13-14-17-21(20)23(19)25/h13-14,16-18,25H,2-12,15H2,1H3. The van der Waals surface area contributed by atoms with Crippen molar-refractivity contribution in [3.63, 3.8) is 0 Å². The zero-order chi connectivity index (χ0) is 20.4. The molecule has 2 rings (SSSR count). The SMILES string of the molecule is CCCCCCCCCCCCCc1cc(S(=O)(=O)Cl)c2ccccc2c1O. The number of unbranched alkanes of at least 4 members (excludes halogenated alkanes) is 10. The maximum atomic E-state index is 12.0. The van der Waals surface area contributed by atoms with Gasteiger partial charge in [0, 0.05) is 21.5 Å². The summed E-state index contributed by atoms with van der Waals surface area (Å²) in [6.07, 6.45) is 14.5. The van der Waals surface area contributed by atoms with Gasteiger partial charge in [-0.3, -0.25) is 0 Å². The average Bonchev–Trinajstić information content (AvgIpc) is 2.67. The molecule has 1 N–H and O–H groups in total. The first kappa shape index (κ1) is 23.0. The molecule has 0 amide bonds. The van der Waals surface area contributed by atoms with Gasteiger partial charge in [0.25, 0.3) is 9.05 Å². The van der Waals surface area contributed by atoms with Gasteiger partial charge in [-0.25, -0.2) is 8.42 Å². The van der Waals surface area contributed by atoms with Crippen LogP contribution >= 0.6 is 10.7 Å². The molecule has 0 aromatic heterocycles. The van der Waals surface area contributed by atoms with E-state index in [1.54, 1.807) is 24.3 Å². The van der Waals surface area contributed by atoms with Crippen molar-refractivity contribution in [2.45, 2.75) is 88.9 Å². The van der Waals surface area contributed by atoms with E-state index in [4.69, 9.17) is 10.7 Å². The minimum atomic E-state index is -3.86. The normalized spacial score (nSPS) is 11.9. The minimum Gasteiger partial charge on any atom is -0.507 e. The highest BCUT2D eigenvalue weighted by Gasteiger charge is 2.19. The zero-order valence-corrected chi connectivity index (χ0v) is 18.5. The molecule has 3 nitrogen and oxygen atoms in total. The molecule has 0 fully saturated rings. The number of rotatable bonds is 13. The lowest BCUT2D eigenvalue weighted by molar-refractivity contribution is 0.471. The molecule has 0 aliphatic carbocycles. The van der Waals surface area contributed by atoms with Crippen molar-refractivity contribution in [2.24, 2.45) is 0 Å². The number of phenolic OH excluding ortho intramolecular Hbond substituents is 1. The third-order valence-corrected chi connectivity index (χ3v) is 6.73. The number of hydrogen-bond acceptors (Lipinski definition) is 3. The van der Waals surface area contributed by atoms with Crippen molar-refractivity contribution in [2.75, 3.05) is 0 Å². The number of aromatic hydroxyl groups is 1. The van der Waals surface area contributed by atoms with Gasteiger partial charge in [-0.05, 0) is 24.5 Å². The molecule has 5 heteroatoms. The third-order valence-electron chi connectivity index (χ3n) is 5.37. The number of aryl methyl sites for hydroxylation is 1. The first-order valence-electron chi connectivity index (χ1n) is 10.6. The van der Waals surface area contributed by atoms with E-state index < -0.39 is 9.05 Å². The molecule has 0 atom stereocenters. The van der Waals surface area contributed by atoms with Gasteiger partial charge in [-0.1, -0.05) is 95.4 Å². The highest BCUT2D eigenvalue weighted by Crippen LogP contribution is 2.36. The predicted molar refractivity (Wildman–Crippen MR) is 119 cm³/mol. The maximum Gasteiger partial charge on any atom is 0.261 e. The van der Waals surface area contributed by atoms with Crippen LogP contribution in [0.15, 0.2) is 35.2 Å². The summed E-state index contributed by atoms with van der Waals surface area (Å²) in [5.74, 6) is 0.173. The van der Waals surface area contributed by atoms with Crippen LogP contribution in [-0.4, -0.2) is 13.5 Å². The van der Waals surface area contributed by atoms with Gasteiger partial charge in [0.2, 0.25) is 0 Å². The molecule has 0 saturated heterocycles. The second-order valence-electron chi connectivity index (χ2n) is 7.65. The predicted octanol–water partition coefficient (Wildman–Crippen LogP) is 7.33. The summed E-state index contributed by atoms with van der Waals surface area (Å²) in [7, 11) is 1.76.